The first-order valence-electron chi connectivity index (χ1n) is 19.0. The third-order valence-corrected chi connectivity index (χ3v) is 12.3. The zero-order chi connectivity index (χ0) is 35.0. The van der Waals surface area contributed by atoms with Crippen molar-refractivity contribution in [2.75, 3.05) is 11.5 Å². The van der Waals surface area contributed by atoms with Crippen LogP contribution in [0, 0.1) is 45.8 Å². The van der Waals surface area contributed by atoms with E-state index in [1.807, 2.05) is 41.5 Å². The molecule has 4 N–H and O–H groups in total. The van der Waals surface area contributed by atoms with Crippen LogP contribution < -0.4 is 11.5 Å². The lowest BCUT2D eigenvalue weighted by molar-refractivity contribution is -0.0826. The smallest absolute Gasteiger partial charge is 0.338 e. The molecule has 3 saturated carbocycles. The van der Waals surface area contributed by atoms with Crippen molar-refractivity contribution in [2.45, 2.75) is 154 Å². The third kappa shape index (κ3) is 7.90. The minimum Gasteiger partial charge on any atom is -0.458 e. The summed E-state index contributed by atoms with van der Waals surface area (Å²) in [5, 5.41) is 0. The molecule has 5 rings (SSSR count). The average molecular weight is 637 g/mol. The largest absolute Gasteiger partial charge is 0.458 e. The van der Waals surface area contributed by atoms with Crippen LogP contribution in [0.3, 0.4) is 0 Å². The van der Waals surface area contributed by atoms with Gasteiger partial charge in [-0.1, -0.05) is 99.5 Å². The fourth-order valence-corrected chi connectivity index (χ4v) is 10.4. The Balaban J connectivity index is 0.00000116. The van der Waals surface area contributed by atoms with Crippen molar-refractivity contribution in [1.82, 2.24) is 0 Å². The Labute approximate surface area is 284 Å². The predicted octanol–water partition coefficient (Wildman–Crippen LogP) is 12.1. The van der Waals surface area contributed by atoms with Crippen LogP contribution in [-0.2, 0) is 4.74 Å². The number of hydrogen-bond donors (Lipinski definition) is 2. The number of anilines is 2. The van der Waals surface area contributed by atoms with Crippen LogP contribution in [0.1, 0.15) is 158 Å². The fourth-order valence-electron chi connectivity index (χ4n) is 10.4. The van der Waals surface area contributed by atoms with Gasteiger partial charge < -0.3 is 16.2 Å². The molecule has 0 heterocycles. The molecule has 3 fully saturated rings. The van der Waals surface area contributed by atoms with Crippen molar-refractivity contribution in [3.8, 4) is 0 Å². The first-order valence-corrected chi connectivity index (χ1v) is 19.0. The van der Waals surface area contributed by atoms with Gasteiger partial charge in [0, 0.05) is 16.8 Å². The lowest BCUT2D eigenvalue weighted by atomic mass is 9.44. The highest BCUT2D eigenvalue weighted by atomic mass is 16.5. The Bertz CT molecular complexity index is 1170. The van der Waals surface area contributed by atoms with Crippen LogP contribution in [0.2, 0.25) is 0 Å². The van der Waals surface area contributed by atoms with E-state index in [1.54, 1.807) is 18.2 Å². The molecule has 0 radical (unpaired) electrons. The summed E-state index contributed by atoms with van der Waals surface area (Å²) in [6.45, 7) is 28.8. The molecule has 1 aromatic rings. The number of nitrogen functional groups attached to an aromatic ring is 2. The Hall–Kier alpha value is -2.23. The minimum atomic E-state index is -0.320. The minimum absolute atomic E-state index is 0.148. The summed E-state index contributed by atoms with van der Waals surface area (Å²) < 4.78 is 6.21. The monoisotopic (exact) mass is 637 g/mol. The third-order valence-electron chi connectivity index (χ3n) is 12.3. The fraction of sp³-hybridized carbons (Fsp3) is 0.738. The molecule has 0 aromatic heterocycles. The number of benzene rings is 1. The average Bonchev–Trinajstić information content (AvgIpc) is 3.38. The van der Waals surface area contributed by atoms with Crippen molar-refractivity contribution in [3.05, 3.63) is 47.1 Å². The van der Waals surface area contributed by atoms with Gasteiger partial charge in [-0.2, -0.15) is 0 Å². The summed E-state index contributed by atoms with van der Waals surface area (Å²) in [7, 11) is 0. The van der Waals surface area contributed by atoms with Gasteiger partial charge in [0.25, 0.3) is 0 Å². The number of hydrogen-bond acceptors (Lipinski definition) is 4. The van der Waals surface area contributed by atoms with Crippen molar-refractivity contribution >= 4 is 17.3 Å². The molecule has 262 valence electrons. The van der Waals surface area contributed by atoms with E-state index in [4.69, 9.17) is 16.2 Å². The lowest BCUT2D eigenvalue weighted by Crippen LogP contribution is -2.55. The summed E-state index contributed by atoms with van der Waals surface area (Å²) in [6.07, 6.45) is 16.1. The molecule has 46 heavy (non-hydrogen) atoms. The number of esters is 1. The SMILES string of the molecule is CC.CC.CC.CC(C)=CCCC(C)C1CCC2C3CC=C4C(C)(C)C(OC(=O)c5cc(N)cc(N)c5)CCC4(C)C3CCC12C. The Morgan fingerprint density at radius 2 is 1.50 bits per heavy atom. The maximum absolute atomic E-state index is 13.2. The normalized spacial score (nSPS) is 32.5. The van der Waals surface area contributed by atoms with Gasteiger partial charge in [-0.25, -0.2) is 4.79 Å². The standard InChI is InChI=1S/C36H54N2O2.3C2H6/c1-22(2)9-8-10-23(3)28-12-13-29-27-11-14-31-34(4,5)32(40-33(39)24-19-25(37)21-26(38)20-24)16-18-36(31,7)30(27)15-17-35(28,29)6;3*1-2/h9,14,19-21,23,27-30,32H,8,10-13,15-18,37-38H2,1-7H3;3*1-2H3. The zero-order valence-corrected chi connectivity index (χ0v) is 32.2. The second kappa shape index (κ2) is 16.7. The van der Waals surface area contributed by atoms with Gasteiger partial charge in [0.05, 0.1) is 5.56 Å². The highest BCUT2D eigenvalue weighted by Gasteiger charge is 2.61. The van der Waals surface area contributed by atoms with Crippen LogP contribution in [0.4, 0.5) is 11.4 Å². The van der Waals surface area contributed by atoms with Gasteiger partial charge in [0.1, 0.15) is 6.10 Å². The van der Waals surface area contributed by atoms with E-state index in [0.717, 1.165) is 42.4 Å². The summed E-state index contributed by atoms with van der Waals surface area (Å²) >= 11 is 0. The molecule has 0 amide bonds. The van der Waals surface area contributed by atoms with Crippen LogP contribution in [0.15, 0.2) is 41.5 Å². The summed E-state index contributed by atoms with van der Waals surface area (Å²) in [6, 6.07) is 5.00. The van der Waals surface area contributed by atoms with E-state index in [-0.39, 0.29) is 22.9 Å². The Morgan fingerprint density at radius 1 is 0.891 bits per heavy atom. The number of allylic oxidation sites excluding steroid dienone is 3. The number of carbonyl (C=O) groups is 1. The highest BCUT2D eigenvalue weighted by molar-refractivity contribution is 5.92. The lowest BCUT2D eigenvalue weighted by Gasteiger charge is -2.61. The van der Waals surface area contributed by atoms with Crippen LogP contribution in [0.5, 0.6) is 0 Å². The van der Waals surface area contributed by atoms with Gasteiger partial charge in [0.2, 0.25) is 0 Å². The summed E-state index contributed by atoms with van der Waals surface area (Å²) in [5.41, 5.74) is 16.8. The van der Waals surface area contributed by atoms with Crippen molar-refractivity contribution in [3.63, 3.8) is 0 Å². The number of carbonyl (C=O) groups excluding carboxylic acids is 1. The maximum Gasteiger partial charge on any atom is 0.338 e. The number of rotatable bonds is 6. The van der Waals surface area contributed by atoms with Crippen molar-refractivity contribution < 1.29 is 9.53 Å². The molecule has 8 unspecified atom stereocenters. The molecule has 4 nitrogen and oxygen atoms in total. The first-order chi connectivity index (χ1) is 21.8. The molecule has 0 saturated heterocycles. The topological polar surface area (TPSA) is 78.3 Å². The molecule has 1 aromatic carbocycles. The Kier molecular flexibility index (Phi) is 14.5. The van der Waals surface area contributed by atoms with Crippen molar-refractivity contribution in [1.29, 1.82) is 0 Å². The van der Waals surface area contributed by atoms with E-state index < -0.39 is 0 Å². The molecular weight excluding hydrogens is 564 g/mol. The van der Waals surface area contributed by atoms with Gasteiger partial charge >= 0.3 is 5.97 Å². The van der Waals surface area contributed by atoms with E-state index >= 15 is 0 Å². The summed E-state index contributed by atoms with van der Waals surface area (Å²) in [4.78, 5) is 13.2. The number of nitrogens with two attached hydrogens (primary N) is 2. The van der Waals surface area contributed by atoms with E-state index in [1.165, 1.54) is 56.1 Å². The molecule has 0 spiro atoms. The predicted molar refractivity (Wildman–Crippen MR) is 201 cm³/mol. The van der Waals surface area contributed by atoms with Crippen LogP contribution >= 0.6 is 0 Å². The quantitative estimate of drug-likeness (QED) is 0.185. The molecule has 4 aliphatic carbocycles. The van der Waals surface area contributed by atoms with Crippen LogP contribution in [0.25, 0.3) is 0 Å². The molecule has 4 aliphatic rings. The number of fused-ring (bicyclic) bond motifs is 5. The van der Waals surface area contributed by atoms with E-state index in [2.05, 4.69) is 60.6 Å². The summed E-state index contributed by atoms with van der Waals surface area (Å²) in [5.74, 6) is 3.69. The first kappa shape index (κ1) is 39.9. The molecule has 0 bridgehead atoms. The van der Waals surface area contributed by atoms with Crippen molar-refractivity contribution in [2.24, 2.45) is 45.8 Å². The highest BCUT2D eigenvalue weighted by Crippen LogP contribution is 2.69. The molecular formula is C42H72N2O2. The molecule has 8 atom stereocenters. The van der Waals surface area contributed by atoms with E-state index in [9.17, 15) is 4.79 Å². The zero-order valence-electron chi connectivity index (χ0n) is 32.2. The van der Waals surface area contributed by atoms with Gasteiger partial charge in [-0.15, -0.1) is 0 Å². The van der Waals surface area contributed by atoms with Gasteiger partial charge in [-0.3, -0.25) is 0 Å². The molecule has 4 heteroatoms. The van der Waals surface area contributed by atoms with Gasteiger partial charge in [0.15, 0.2) is 0 Å². The van der Waals surface area contributed by atoms with Crippen LogP contribution in [-0.4, -0.2) is 12.1 Å². The molecule has 0 aliphatic heterocycles. The second-order valence-electron chi connectivity index (χ2n) is 15.3. The van der Waals surface area contributed by atoms with E-state index in [0.29, 0.717) is 22.4 Å². The Morgan fingerprint density at radius 3 is 2.09 bits per heavy atom. The number of ether oxygens (including phenoxy) is 1. The maximum atomic E-state index is 13.2. The second-order valence-corrected chi connectivity index (χ2v) is 15.3. The van der Waals surface area contributed by atoms with Gasteiger partial charge in [-0.05, 0) is 130 Å².